The first-order valence-corrected chi connectivity index (χ1v) is 9.10. The number of carbonyl (C=O) groups is 2. The number of benzene rings is 1. The number of anilines is 1. The highest BCUT2D eigenvalue weighted by atomic mass is 35.5. The van der Waals surface area contributed by atoms with Crippen LogP contribution in [0, 0.1) is 11.8 Å². The fourth-order valence-electron chi connectivity index (χ4n) is 4.39. The molecule has 0 radical (unpaired) electrons. The number of hydrogen-bond donors (Lipinski definition) is 1. The molecule has 0 aliphatic carbocycles. The molecule has 3 fully saturated rings. The fourth-order valence-corrected chi connectivity index (χ4v) is 4.65. The third-order valence-electron chi connectivity index (χ3n) is 5.63. The number of amides is 1. The van der Waals surface area contributed by atoms with E-state index in [2.05, 4.69) is 4.90 Å². The number of halogens is 1. The van der Waals surface area contributed by atoms with E-state index in [0.717, 1.165) is 18.5 Å². The number of hydrogen-bond acceptors (Lipinski definition) is 4. The predicted octanol–water partition coefficient (Wildman–Crippen LogP) is 1.87. The predicted molar refractivity (Wildman–Crippen MR) is 92.8 cm³/mol. The van der Waals surface area contributed by atoms with Crippen LogP contribution in [-0.2, 0) is 14.3 Å². The highest BCUT2D eigenvalue weighted by Gasteiger charge is 2.56. The van der Waals surface area contributed by atoms with Gasteiger partial charge in [0.2, 0.25) is 5.91 Å². The van der Waals surface area contributed by atoms with Gasteiger partial charge in [0.05, 0.1) is 34.8 Å². The molecule has 25 heavy (non-hydrogen) atoms. The van der Waals surface area contributed by atoms with E-state index >= 15 is 0 Å². The van der Waals surface area contributed by atoms with Gasteiger partial charge in [-0.2, -0.15) is 0 Å². The summed E-state index contributed by atoms with van der Waals surface area (Å²) in [6, 6.07) is 7.68. The largest absolute Gasteiger partial charge is 0.481 e. The molecule has 1 N–H and O–H groups in total. The summed E-state index contributed by atoms with van der Waals surface area (Å²) in [4.78, 5) is 28.5. The summed E-state index contributed by atoms with van der Waals surface area (Å²) in [7, 11) is 0. The van der Waals surface area contributed by atoms with Gasteiger partial charge in [0.15, 0.2) is 0 Å². The Morgan fingerprint density at radius 1 is 1.04 bits per heavy atom. The lowest BCUT2D eigenvalue weighted by molar-refractivity contribution is -0.151. The van der Waals surface area contributed by atoms with E-state index < -0.39 is 17.8 Å². The number of ether oxygens (including phenoxy) is 1. The first-order chi connectivity index (χ1) is 12.1. The minimum Gasteiger partial charge on any atom is -0.481 e. The van der Waals surface area contributed by atoms with Crippen molar-refractivity contribution >= 4 is 29.2 Å². The highest BCUT2D eigenvalue weighted by molar-refractivity contribution is 6.33. The number of nitrogens with zero attached hydrogens (tertiary/aromatic N) is 2. The molecule has 0 aromatic heterocycles. The Morgan fingerprint density at radius 2 is 1.68 bits per heavy atom. The Kier molecular flexibility index (Phi) is 4.33. The zero-order chi connectivity index (χ0) is 17.6. The van der Waals surface area contributed by atoms with Crippen LogP contribution in [0.15, 0.2) is 24.3 Å². The Labute approximate surface area is 151 Å². The van der Waals surface area contributed by atoms with Gasteiger partial charge in [-0.15, -0.1) is 0 Å². The third-order valence-corrected chi connectivity index (χ3v) is 5.95. The minimum absolute atomic E-state index is 0.0709. The Balaban J connectivity index is 1.43. The lowest BCUT2D eigenvalue weighted by Crippen LogP contribution is -2.53. The van der Waals surface area contributed by atoms with Gasteiger partial charge in [0, 0.05) is 26.2 Å². The van der Waals surface area contributed by atoms with Crippen molar-refractivity contribution in [3.8, 4) is 0 Å². The van der Waals surface area contributed by atoms with Gasteiger partial charge in [-0.05, 0) is 25.0 Å². The zero-order valence-corrected chi connectivity index (χ0v) is 14.6. The molecule has 3 aliphatic rings. The molecule has 3 heterocycles. The standard InChI is InChI=1S/C18H21ClN2O4/c19-11-3-1-2-4-12(11)20-7-9-21(10-8-20)17(22)15-13-5-6-14(25-13)16(15)18(23)24/h1-4,13-16H,5-10H2,(H,23,24)/t13-,14-,15+,16+/m1/s1. The lowest BCUT2D eigenvalue weighted by Gasteiger charge is -2.38. The van der Waals surface area contributed by atoms with E-state index in [1.54, 1.807) is 4.90 Å². The molecule has 0 spiro atoms. The maximum atomic E-state index is 13.0. The van der Waals surface area contributed by atoms with E-state index in [9.17, 15) is 14.7 Å². The van der Waals surface area contributed by atoms with Crippen molar-refractivity contribution in [1.82, 2.24) is 4.90 Å². The van der Waals surface area contributed by atoms with Crippen molar-refractivity contribution in [2.24, 2.45) is 11.8 Å². The Morgan fingerprint density at radius 3 is 2.32 bits per heavy atom. The number of para-hydroxylation sites is 1. The maximum absolute atomic E-state index is 13.0. The lowest BCUT2D eigenvalue weighted by atomic mass is 9.78. The molecule has 3 saturated heterocycles. The van der Waals surface area contributed by atoms with E-state index in [-0.39, 0.29) is 18.1 Å². The summed E-state index contributed by atoms with van der Waals surface area (Å²) < 4.78 is 5.72. The zero-order valence-electron chi connectivity index (χ0n) is 13.8. The quantitative estimate of drug-likeness (QED) is 0.886. The van der Waals surface area contributed by atoms with E-state index in [0.29, 0.717) is 31.2 Å². The molecule has 1 amide bonds. The second-order valence-electron chi connectivity index (χ2n) is 6.94. The van der Waals surface area contributed by atoms with Gasteiger partial charge in [-0.25, -0.2) is 0 Å². The molecule has 1 aromatic carbocycles. The Hall–Kier alpha value is -1.79. The fraction of sp³-hybridized carbons (Fsp3) is 0.556. The molecule has 2 bridgehead atoms. The van der Waals surface area contributed by atoms with Crippen LogP contribution in [0.2, 0.25) is 5.02 Å². The van der Waals surface area contributed by atoms with Gasteiger partial charge in [0.25, 0.3) is 0 Å². The van der Waals surface area contributed by atoms with Crippen LogP contribution in [-0.4, -0.2) is 60.3 Å². The van der Waals surface area contributed by atoms with Crippen molar-refractivity contribution in [2.75, 3.05) is 31.1 Å². The van der Waals surface area contributed by atoms with Crippen LogP contribution < -0.4 is 4.90 Å². The molecule has 6 nitrogen and oxygen atoms in total. The minimum atomic E-state index is -0.916. The third kappa shape index (κ3) is 2.87. The summed E-state index contributed by atoms with van der Waals surface area (Å²) in [5.41, 5.74) is 0.975. The first-order valence-electron chi connectivity index (χ1n) is 8.73. The van der Waals surface area contributed by atoms with Crippen LogP contribution in [0.25, 0.3) is 0 Å². The monoisotopic (exact) mass is 364 g/mol. The van der Waals surface area contributed by atoms with Gasteiger partial charge >= 0.3 is 5.97 Å². The molecule has 3 aliphatic heterocycles. The second-order valence-corrected chi connectivity index (χ2v) is 7.35. The summed E-state index contributed by atoms with van der Waals surface area (Å²) in [5.74, 6) is -2.23. The molecule has 134 valence electrons. The second kappa shape index (κ2) is 6.50. The van der Waals surface area contributed by atoms with Crippen LogP contribution in [0.3, 0.4) is 0 Å². The molecule has 7 heteroatoms. The van der Waals surface area contributed by atoms with Crippen LogP contribution in [0.1, 0.15) is 12.8 Å². The van der Waals surface area contributed by atoms with Crippen molar-refractivity contribution in [3.63, 3.8) is 0 Å². The summed E-state index contributed by atoms with van der Waals surface area (Å²) in [6.07, 6.45) is 0.983. The number of piperazine rings is 1. The van der Waals surface area contributed by atoms with E-state index in [1.807, 2.05) is 24.3 Å². The van der Waals surface area contributed by atoms with E-state index in [1.165, 1.54) is 0 Å². The summed E-state index contributed by atoms with van der Waals surface area (Å²) in [5, 5.41) is 10.2. The van der Waals surface area contributed by atoms with Crippen LogP contribution >= 0.6 is 11.6 Å². The Bertz CT molecular complexity index is 689. The number of carboxylic acid groups (broad SMARTS) is 1. The summed E-state index contributed by atoms with van der Waals surface area (Å²) >= 11 is 6.25. The molecule has 0 unspecified atom stereocenters. The van der Waals surface area contributed by atoms with Gasteiger partial charge in [0.1, 0.15) is 0 Å². The van der Waals surface area contributed by atoms with Gasteiger partial charge < -0.3 is 19.6 Å². The maximum Gasteiger partial charge on any atom is 0.310 e. The molecule has 0 saturated carbocycles. The topological polar surface area (TPSA) is 70.1 Å². The van der Waals surface area contributed by atoms with Gasteiger partial charge in [-0.3, -0.25) is 9.59 Å². The first kappa shape index (κ1) is 16.7. The van der Waals surface area contributed by atoms with Gasteiger partial charge in [-0.1, -0.05) is 23.7 Å². The van der Waals surface area contributed by atoms with Crippen LogP contribution in [0.5, 0.6) is 0 Å². The number of carbonyl (C=O) groups excluding carboxylic acids is 1. The van der Waals surface area contributed by atoms with E-state index in [4.69, 9.17) is 16.3 Å². The normalized spacial score (nSPS) is 31.4. The average molecular weight is 365 g/mol. The number of aliphatic carboxylic acids is 1. The van der Waals surface area contributed by atoms with Crippen molar-refractivity contribution in [1.29, 1.82) is 0 Å². The molecule has 4 atom stereocenters. The number of carboxylic acids is 1. The smallest absolute Gasteiger partial charge is 0.310 e. The molecular weight excluding hydrogens is 344 g/mol. The van der Waals surface area contributed by atoms with Crippen molar-refractivity contribution < 1.29 is 19.4 Å². The number of fused-ring (bicyclic) bond motifs is 2. The summed E-state index contributed by atoms with van der Waals surface area (Å²) in [6.45, 7) is 2.53. The van der Waals surface area contributed by atoms with Crippen molar-refractivity contribution in [3.05, 3.63) is 29.3 Å². The average Bonchev–Trinajstić information content (AvgIpc) is 3.23. The van der Waals surface area contributed by atoms with Crippen LogP contribution in [0.4, 0.5) is 5.69 Å². The highest BCUT2D eigenvalue weighted by Crippen LogP contribution is 2.44. The number of rotatable bonds is 3. The SMILES string of the molecule is O=C(O)[C@@H]1[C@@H](C(=O)N2CCN(c3ccccc3Cl)CC2)[C@H]2CC[C@H]1O2. The molecular formula is C18H21ClN2O4. The molecule has 4 rings (SSSR count). The van der Waals surface area contributed by atoms with Crippen molar-refractivity contribution in [2.45, 2.75) is 25.0 Å². The molecule has 1 aromatic rings.